The van der Waals surface area contributed by atoms with Gasteiger partial charge in [-0.1, -0.05) is 42.4 Å². The van der Waals surface area contributed by atoms with Crippen LogP contribution in [0, 0.1) is 0 Å². The summed E-state index contributed by atoms with van der Waals surface area (Å²) in [5.41, 5.74) is 3.05. The van der Waals surface area contributed by atoms with Crippen molar-refractivity contribution in [2.75, 3.05) is 43.1 Å². The molecule has 9 heteroatoms. The Morgan fingerprint density at radius 3 is 2.62 bits per heavy atom. The van der Waals surface area contributed by atoms with Gasteiger partial charge < -0.3 is 24.3 Å². The van der Waals surface area contributed by atoms with Gasteiger partial charge >= 0.3 is 6.01 Å². The van der Waals surface area contributed by atoms with Crippen molar-refractivity contribution in [3.05, 3.63) is 65.3 Å². The fraction of sp³-hybridized carbons (Fsp3) is 0.452. The van der Waals surface area contributed by atoms with Crippen LogP contribution in [0.2, 0.25) is 5.02 Å². The number of carbonyl (C=O) groups excluding carboxylic acids is 1. The third-order valence-electron chi connectivity index (χ3n) is 8.69. The van der Waals surface area contributed by atoms with E-state index < -0.39 is 0 Å². The second-order valence-electron chi connectivity index (χ2n) is 11.4. The molecule has 0 radical (unpaired) electrons. The van der Waals surface area contributed by atoms with Crippen LogP contribution >= 0.6 is 11.6 Å². The number of nitrogens with zero attached hydrogens (tertiary/aromatic N) is 6. The monoisotopic (exact) mass is 560 g/mol. The number of piperazine rings is 1. The van der Waals surface area contributed by atoms with Crippen LogP contribution < -0.4 is 14.5 Å². The first-order valence-electron chi connectivity index (χ1n) is 14.2. The predicted octanol–water partition coefficient (Wildman–Crippen LogP) is 4.89. The number of hydrogen-bond acceptors (Lipinski definition) is 7. The molecule has 210 valence electrons. The van der Waals surface area contributed by atoms with E-state index in [0.717, 1.165) is 51.5 Å². The summed E-state index contributed by atoms with van der Waals surface area (Å²) in [6, 6.07) is 13.4. The first-order valence-corrected chi connectivity index (χ1v) is 14.6. The van der Waals surface area contributed by atoms with E-state index in [9.17, 15) is 4.79 Å². The van der Waals surface area contributed by atoms with Crippen molar-refractivity contribution in [2.45, 2.75) is 57.9 Å². The van der Waals surface area contributed by atoms with Gasteiger partial charge in [0.25, 0.3) is 0 Å². The number of carbonyl (C=O) groups is 1. The Hall–Kier alpha value is -3.36. The fourth-order valence-corrected chi connectivity index (χ4v) is 6.63. The highest BCUT2D eigenvalue weighted by Crippen LogP contribution is 2.39. The maximum absolute atomic E-state index is 12.5. The number of likely N-dealkylation sites (tertiary alicyclic amines) is 1. The zero-order chi connectivity index (χ0) is 28.0. The Morgan fingerprint density at radius 1 is 1.12 bits per heavy atom. The number of ether oxygens (including phenoxy) is 1. The van der Waals surface area contributed by atoms with E-state index in [1.54, 1.807) is 0 Å². The van der Waals surface area contributed by atoms with E-state index in [1.807, 2.05) is 23.1 Å². The smallest absolute Gasteiger partial charge is 0.318 e. The summed E-state index contributed by atoms with van der Waals surface area (Å²) in [6.07, 6.45) is 3.71. The Labute approximate surface area is 241 Å². The largest absolute Gasteiger partial charge is 0.462 e. The Balaban J connectivity index is 1.34. The molecule has 1 aromatic heterocycles. The molecule has 2 aromatic carbocycles. The zero-order valence-corrected chi connectivity index (χ0v) is 24.3. The lowest BCUT2D eigenvalue weighted by Gasteiger charge is -2.44. The van der Waals surface area contributed by atoms with Crippen LogP contribution in [0.5, 0.6) is 6.01 Å². The lowest BCUT2D eigenvalue weighted by Crippen LogP contribution is -2.58. The molecule has 3 aliphatic heterocycles. The summed E-state index contributed by atoms with van der Waals surface area (Å²) in [5, 5.41) is 3.00. The van der Waals surface area contributed by atoms with Crippen molar-refractivity contribution in [1.29, 1.82) is 0 Å². The van der Waals surface area contributed by atoms with E-state index in [4.69, 9.17) is 26.3 Å². The number of amides is 1. The fourth-order valence-electron chi connectivity index (χ4n) is 6.34. The quantitative estimate of drug-likeness (QED) is 0.398. The molecular weight excluding hydrogens is 524 g/mol. The average molecular weight is 561 g/mol. The molecule has 2 fully saturated rings. The molecule has 6 rings (SSSR count). The standard InChI is InChI=1S/C31H37ClN6O2/c1-5-29(39)37-15-21(3)38(16-20(37)2)30-25-17-36(28-14-23-10-7-6-9-22(23)13-26(28)32)18-27(25)33-31(34-30)40-19-24-11-8-12-35(24)4/h5-7,9-10,13-14,20-21,24H,1,8,11-12,15-19H2,2-4H3/t20-,21+,24+/m1/s1. The van der Waals surface area contributed by atoms with Crippen molar-refractivity contribution in [3.63, 3.8) is 0 Å². The topological polar surface area (TPSA) is 65.0 Å². The molecule has 0 N–H and O–H groups in total. The molecule has 3 aliphatic rings. The Morgan fingerprint density at radius 2 is 1.90 bits per heavy atom. The lowest BCUT2D eigenvalue weighted by molar-refractivity contribution is -0.128. The number of aromatic nitrogens is 2. The molecule has 1 amide bonds. The van der Waals surface area contributed by atoms with E-state index in [1.165, 1.54) is 12.5 Å². The van der Waals surface area contributed by atoms with Crippen molar-refractivity contribution in [3.8, 4) is 6.01 Å². The van der Waals surface area contributed by atoms with Crippen molar-refractivity contribution in [1.82, 2.24) is 19.8 Å². The third-order valence-corrected chi connectivity index (χ3v) is 8.99. The van der Waals surface area contributed by atoms with Gasteiger partial charge in [-0.3, -0.25) is 4.79 Å². The van der Waals surface area contributed by atoms with Crippen LogP contribution in [0.4, 0.5) is 11.5 Å². The van der Waals surface area contributed by atoms with Crippen LogP contribution in [0.3, 0.4) is 0 Å². The van der Waals surface area contributed by atoms with Gasteiger partial charge in [-0.25, -0.2) is 0 Å². The molecule has 0 spiro atoms. The van der Waals surface area contributed by atoms with Gasteiger partial charge in [0, 0.05) is 43.3 Å². The van der Waals surface area contributed by atoms with E-state index in [-0.39, 0.29) is 18.0 Å². The molecule has 0 saturated carbocycles. The number of likely N-dealkylation sites (N-methyl/N-ethyl adjacent to an activating group) is 1. The van der Waals surface area contributed by atoms with E-state index in [0.29, 0.717) is 44.8 Å². The number of hydrogen-bond donors (Lipinski definition) is 0. The Kier molecular flexibility index (Phi) is 7.31. The summed E-state index contributed by atoms with van der Waals surface area (Å²) in [7, 11) is 2.15. The van der Waals surface area contributed by atoms with Crippen LogP contribution in [-0.4, -0.2) is 77.1 Å². The van der Waals surface area contributed by atoms with Crippen molar-refractivity contribution < 1.29 is 9.53 Å². The summed E-state index contributed by atoms with van der Waals surface area (Å²) in [4.78, 5) is 31.3. The summed E-state index contributed by atoms with van der Waals surface area (Å²) < 4.78 is 6.27. The van der Waals surface area contributed by atoms with E-state index >= 15 is 0 Å². The molecule has 40 heavy (non-hydrogen) atoms. The van der Waals surface area contributed by atoms with Crippen molar-refractivity contribution in [2.24, 2.45) is 0 Å². The molecule has 4 heterocycles. The second-order valence-corrected chi connectivity index (χ2v) is 11.8. The maximum atomic E-state index is 12.5. The summed E-state index contributed by atoms with van der Waals surface area (Å²) in [6.45, 7) is 12.1. The van der Waals surface area contributed by atoms with Gasteiger partial charge in [0.05, 0.1) is 22.9 Å². The molecule has 3 aromatic rings. The highest BCUT2D eigenvalue weighted by molar-refractivity contribution is 6.34. The Bertz CT molecular complexity index is 1450. The first kappa shape index (κ1) is 26.8. The molecular formula is C31H37ClN6O2. The molecule has 0 bridgehead atoms. The predicted molar refractivity (Wildman–Crippen MR) is 160 cm³/mol. The first-order chi connectivity index (χ1) is 19.3. The molecule has 8 nitrogen and oxygen atoms in total. The van der Waals surface area contributed by atoms with Crippen LogP contribution in [0.15, 0.2) is 49.1 Å². The highest BCUT2D eigenvalue weighted by atomic mass is 35.5. The van der Waals surface area contributed by atoms with E-state index in [2.05, 4.69) is 60.4 Å². The molecule has 3 atom stereocenters. The summed E-state index contributed by atoms with van der Waals surface area (Å²) in [5.74, 6) is 0.859. The molecule has 2 saturated heterocycles. The normalized spacial score (nSPS) is 23.1. The lowest BCUT2D eigenvalue weighted by atomic mass is 10.1. The maximum Gasteiger partial charge on any atom is 0.318 e. The number of halogens is 1. The number of rotatable bonds is 6. The third kappa shape index (κ3) is 4.99. The van der Waals surface area contributed by atoms with Crippen LogP contribution in [0.25, 0.3) is 10.8 Å². The van der Waals surface area contributed by atoms with Gasteiger partial charge in [-0.2, -0.15) is 9.97 Å². The molecule has 0 aliphatic carbocycles. The second kappa shape index (κ2) is 10.9. The summed E-state index contributed by atoms with van der Waals surface area (Å²) >= 11 is 6.82. The van der Waals surface area contributed by atoms with Gasteiger partial charge in [0.15, 0.2) is 0 Å². The minimum Gasteiger partial charge on any atom is -0.462 e. The minimum absolute atomic E-state index is 0.0243. The minimum atomic E-state index is -0.0336. The number of fused-ring (bicyclic) bond motifs is 2. The van der Waals surface area contributed by atoms with Gasteiger partial charge in [0.2, 0.25) is 5.91 Å². The van der Waals surface area contributed by atoms with Gasteiger partial charge in [0.1, 0.15) is 12.4 Å². The van der Waals surface area contributed by atoms with Crippen LogP contribution in [0.1, 0.15) is 37.9 Å². The highest BCUT2D eigenvalue weighted by Gasteiger charge is 2.36. The van der Waals surface area contributed by atoms with Crippen LogP contribution in [-0.2, 0) is 17.9 Å². The average Bonchev–Trinajstić information content (AvgIpc) is 3.57. The number of anilines is 2. The zero-order valence-electron chi connectivity index (χ0n) is 23.5. The van der Waals surface area contributed by atoms with Gasteiger partial charge in [-0.05, 0) is 69.3 Å². The number of benzene rings is 2. The van der Waals surface area contributed by atoms with Crippen molar-refractivity contribution >= 4 is 39.8 Å². The SMILES string of the molecule is C=CC(=O)N1C[C@H](C)N(c2nc(OC[C@@H]3CCCN3C)nc3c2CN(c2cc4ccccc4cc2Cl)C3)C[C@H]1C. The molecule has 0 unspecified atom stereocenters. The van der Waals surface area contributed by atoms with Gasteiger partial charge in [-0.15, -0.1) is 0 Å².